The molecule has 0 amide bonds. The Morgan fingerprint density at radius 1 is 1.86 bits per heavy atom. The van der Waals surface area contributed by atoms with Crippen LogP contribution in [0.4, 0.5) is 0 Å². The molecule has 0 bridgehead atoms. The third-order valence-electron chi connectivity index (χ3n) is 0.711. The molecule has 0 aromatic rings. The standard InChI is InChI=1S/C3H7NOP.Re/c6-4-1-3-2-5-3;/h3H,1-2,6H2;/q-1;. The molecule has 2 unspecified atom stereocenters. The van der Waals surface area contributed by atoms with E-state index in [0.717, 1.165) is 13.2 Å². The minimum Gasteiger partial charge on any atom is -0.640 e. The van der Waals surface area contributed by atoms with Gasteiger partial charge in [0.15, 0.2) is 0 Å². The number of nitrogens with zero attached hydrogens (tertiary/aromatic N) is 1. The zero-order chi connectivity index (χ0) is 4.41. The molecule has 43 valence electrons. The minimum atomic E-state index is 0. The first kappa shape index (κ1) is 8.01. The maximum absolute atomic E-state index is 4.84. The number of hydrogen-bond acceptors (Lipinski definition) is 1. The Morgan fingerprint density at radius 3 is 2.57 bits per heavy atom. The summed E-state index contributed by atoms with van der Waals surface area (Å²) in [4.78, 5) is 0. The largest absolute Gasteiger partial charge is 0.640 e. The second kappa shape index (κ2) is 3.95. The van der Waals surface area contributed by atoms with Crippen LogP contribution < -0.4 is 0 Å². The van der Waals surface area contributed by atoms with Crippen molar-refractivity contribution in [2.24, 2.45) is 0 Å². The fourth-order valence-electron chi connectivity index (χ4n) is 0.291. The van der Waals surface area contributed by atoms with Crippen molar-refractivity contribution < 1.29 is 25.2 Å². The predicted molar refractivity (Wildman–Crippen MR) is 27.7 cm³/mol. The van der Waals surface area contributed by atoms with E-state index >= 15 is 0 Å². The van der Waals surface area contributed by atoms with E-state index in [1.165, 1.54) is 0 Å². The van der Waals surface area contributed by atoms with Crippen LogP contribution >= 0.6 is 9.39 Å². The number of ether oxygens (including phenoxy) is 1. The van der Waals surface area contributed by atoms with Gasteiger partial charge in [-0.3, -0.25) is 9.39 Å². The van der Waals surface area contributed by atoms with Gasteiger partial charge in [-0.2, -0.15) is 0 Å². The van der Waals surface area contributed by atoms with Gasteiger partial charge in [-0.15, -0.1) is 6.54 Å². The van der Waals surface area contributed by atoms with Crippen molar-refractivity contribution in [3.8, 4) is 0 Å². The molecule has 0 saturated carbocycles. The molecule has 0 N–H and O–H groups in total. The van der Waals surface area contributed by atoms with Gasteiger partial charge in [-0.05, 0) is 0 Å². The van der Waals surface area contributed by atoms with Gasteiger partial charge in [0.2, 0.25) is 0 Å². The summed E-state index contributed by atoms with van der Waals surface area (Å²) < 4.78 is 4.84. The molecule has 1 rings (SSSR count). The summed E-state index contributed by atoms with van der Waals surface area (Å²) in [6.07, 6.45) is 0.461. The topological polar surface area (TPSA) is 26.6 Å². The molecule has 0 aromatic heterocycles. The van der Waals surface area contributed by atoms with E-state index in [1.807, 2.05) is 0 Å². The Balaban J connectivity index is 0.000000360. The van der Waals surface area contributed by atoms with Gasteiger partial charge in [-0.25, -0.2) is 0 Å². The van der Waals surface area contributed by atoms with E-state index in [1.54, 1.807) is 0 Å². The average molecular weight is 290 g/mol. The molecular formula is C3H7NOPRe-. The van der Waals surface area contributed by atoms with Crippen LogP contribution in [0.2, 0.25) is 0 Å². The first-order valence-electron chi connectivity index (χ1n) is 1.92. The van der Waals surface area contributed by atoms with Gasteiger partial charge in [0.1, 0.15) is 0 Å². The van der Waals surface area contributed by atoms with Crippen molar-refractivity contribution in [2.75, 3.05) is 13.2 Å². The van der Waals surface area contributed by atoms with Crippen molar-refractivity contribution in [1.82, 2.24) is 0 Å². The first-order chi connectivity index (χ1) is 2.93. The first-order valence-corrected chi connectivity index (χ1v) is 2.43. The van der Waals surface area contributed by atoms with Gasteiger partial charge in [-0.1, -0.05) is 0 Å². The van der Waals surface area contributed by atoms with Gasteiger partial charge in [0.25, 0.3) is 0 Å². The summed E-state index contributed by atoms with van der Waals surface area (Å²) in [7, 11) is 2.31. The van der Waals surface area contributed by atoms with Crippen molar-refractivity contribution in [1.29, 1.82) is 0 Å². The maximum atomic E-state index is 4.84. The molecule has 1 fully saturated rings. The quantitative estimate of drug-likeness (QED) is 0.539. The fourth-order valence-corrected chi connectivity index (χ4v) is 0.526. The van der Waals surface area contributed by atoms with Crippen molar-refractivity contribution in [3.63, 3.8) is 0 Å². The number of epoxide rings is 1. The molecule has 2 atom stereocenters. The second-order valence-corrected chi connectivity index (χ2v) is 1.69. The monoisotopic (exact) mass is 291 g/mol. The molecule has 0 aliphatic carbocycles. The van der Waals surface area contributed by atoms with E-state index in [-0.39, 0.29) is 20.4 Å². The van der Waals surface area contributed by atoms with E-state index in [0.29, 0.717) is 6.10 Å². The predicted octanol–water partition coefficient (Wildman–Crippen LogP) is 0.546. The molecule has 4 heteroatoms. The van der Waals surface area contributed by atoms with Crippen LogP contribution in [0.25, 0.3) is 5.09 Å². The summed E-state index contributed by atoms with van der Waals surface area (Å²) in [6.45, 7) is 1.77. The average Bonchev–Trinajstić information content (AvgIpc) is 2.21. The molecular weight excluding hydrogens is 283 g/mol. The molecule has 1 heterocycles. The van der Waals surface area contributed by atoms with Crippen LogP contribution in [0.5, 0.6) is 0 Å². The van der Waals surface area contributed by atoms with Crippen LogP contribution in [0.1, 0.15) is 0 Å². The normalized spacial score (nSPS) is 26.1. The van der Waals surface area contributed by atoms with Crippen molar-refractivity contribution in [3.05, 3.63) is 5.09 Å². The zero-order valence-corrected chi connectivity index (χ0v) is 7.67. The Hall–Kier alpha value is 1.01. The second-order valence-electron chi connectivity index (χ2n) is 1.32. The van der Waals surface area contributed by atoms with E-state index in [9.17, 15) is 0 Å². The fraction of sp³-hybridized carbons (Fsp3) is 1.00. The molecule has 1 aliphatic heterocycles. The van der Waals surface area contributed by atoms with Crippen LogP contribution in [0, 0.1) is 0 Å². The summed E-state index contributed by atoms with van der Waals surface area (Å²) in [5, 5.41) is 3.79. The SMILES string of the molecule is P[N-]CC1CO1.[Re]. The Morgan fingerprint density at radius 2 is 2.43 bits per heavy atom. The Labute approximate surface area is 59.3 Å². The van der Waals surface area contributed by atoms with Crippen molar-refractivity contribution in [2.45, 2.75) is 6.10 Å². The van der Waals surface area contributed by atoms with Crippen LogP contribution in [0.3, 0.4) is 0 Å². The van der Waals surface area contributed by atoms with Crippen LogP contribution in [-0.4, -0.2) is 19.3 Å². The smallest absolute Gasteiger partial charge is 0.0715 e. The Bertz CT molecular complexity index is 50.2. The van der Waals surface area contributed by atoms with E-state index < -0.39 is 0 Å². The van der Waals surface area contributed by atoms with Gasteiger partial charge in [0.05, 0.1) is 12.7 Å². The van der Waals surface area contributed by atoms with Crippen molar-refractivity contribution >= 4 is 9.39 Å². The molecule has 2 nitrogen and oxygen atoms in total. The van der Waals surface area contributed by atoms with Gasteiger partial charge in [0, 0.05) is 20.4 Å². The summed E-state index contributed by atoms with van der Waals surface area (Å²) in [6, 6.07) is 0. The summed E-state index contributed by atoms with van der Waals surface area (Å²) in [5.74, 6) is 0. The summed E-state index contributed by atoms with van der Waals surface area (Å²) in [5.41, 5.74) is 0. The van der Waals surface area contributed by atoms with Crippen LogP contribution in [0.15, 0.2) is 0 Å². The van der Waals surface area contributed by atoms with Gasteiger partial charge < -0.3 is 9.82 Å². The zero-order valence-electron chi connectivity index (χ0n) is 3.80. The van der Waals surface area contributed by atoms with E-state index in [4.69, 9.17) is 4.74 Å². The third kappa shape index (κ3) is 3.58. The number of hydrogen-bond donors (Lipinski definition) is 0. The number of rotatable bonds is 2. The molecule has 0 aromatic carbocycles. The molecule has 0 spiro atoms. The Kier molecular flexibility index (Phi) is 4.52. The third-order valence-corrected chi connectivity index (χ3v) is 0.922. The van der Waals surface area contributed by atoms with E-state index in [2.05, 4.69) is 14.5 Å². The van der Waals surface area contributed by atoms with Crippen LogP contribution in [-0.2, 0) is 25.2 Å². The minimum absolute atomic E-state index is 0. The molecule has 1 radical (unpaired) electrons. The maximum Gasteiger partial charge on any atom is 0.0715 e. The molecule has 1 aliphatic rings. The summed E-state index contributed by atoms with van der Waals surface area (Å²) >= 11 is 0. The molecule has 7 heavy (non-hydrogen) atoms. The van der Waals surface area contributed by atoms with Gasteiger partial charge >= 0.3 is 0 Å². The molecule has 1 saturated heterocycles.